The van der Waals surface area contributed by atoms with Crippen molar-refractivity contribution in [2.75, 3.05) is 17.6 Å². The van der Waals surface area contributed by atoms with Crippen LogP contribution in [0.5, 0.6) is 0 Å². The first kappa shape index (κ1) is 11.8. The van der Waals surface area contributed by atoms with E-state index in [9.17, 15) is 12.8 Å². The van der Waals surface area contributed by atoms with Crippen LogP contribution >= 0.6 is 0 Å². The summed E-state index contributed by atoms with van der Waals surface area (Å²) < 4.78 is 33.5. The van der Waals surface area contributed by atoms with Crippen molar-refractivity contribution in [3.8, 4) is 0 Å². The van der Waals surface area contributed by atoms with E-state index in [1.807, 2.05) is 0 Å². The molecule has 0 fully saturated rings. The Morgan fingerprint density at radius 3 is 2.53 bits per heavy atom. The summed E-state index contributed by atoms with van der Waals surface area (Å²) in [6.07, 6.45) is 2.39. The van der Waals surface area contributed by atoms with Gasteiger partial charge in [-0.05, 0) is 6.42 Å². The monoisotopic (exact) mass is 234 g/mol. The smallest absolute Gasteiger partial charge is 0.222 e. The summed E-state index contributed by atoms with van der Waals surface area (Å²) in [5, 5.41) is 7.53. The zero-order valence-electron chi connectivity index (χ0n) is 7.85. The van der Waals surface area contributed by atoms with E-state index in [0.717, 1.165) is 12.4 Å². The first-order valence-corrected chi connectivity index (χ1v) is 5.91. The van der Waals surface area contributed by atoms with Crippen LogP contribution in [0.1, 0.15) is 6.42 Å². The molecule has 3 N–H and O–H groups in total. The van der Waals surface area contributed by atoms with Crippen LogP contribution in [0, 0.1) is 5.82 Å². The van der Waals surface area contributed by atoms with Gasteiger partial charge in [-0.15, -0.1) is 0 Å². The van der Waals surface area contributed by atoms with Gasteiger partial charge < -0.3 is 5.32 Å². The second-order valence-corrected chi connectivity index (χ2v) is 4.61. The Kier molecular flexibility index (Phi) is 3.92. The Balaban J connectivity index is 2.29. The van der Waals surface area contributed by atoms with Crippen LogP contribution in [-0.2, 0) is 10.0 Å². The Labute approximate surface area is 86.8 Å². The summed E-state index contributed by atoms with van der Waals surface area (Å²) in [5.41, 5.74) is 0. The number of hydrogen-bond donors (Lipinski definition) is 2. The summed E-state index contributed by atoms with van der Waals surface area (Å²) in [4.78, 5) is 7.27. The minimum Gasteiger partial charge on any atom is -0.354 e. The van der Waals surface area contributed by atoms with Crippen LogP contribution in [0.3, 0.4) is 0 Å². The zero-order chi connectivity index (χ0) is 11.3. The molecule has 1 aromatic heterocycles. The van der Waals surface area contributed by atoms with E-state index < -0.39 is 15.8 Å². The molecular weight excluding hydrogens is 223 g/mol. The van der Waals surface area contributed by atoms with Crippen LogP contribution in [0.15, 0.2) is 12.4 Å². The van der Waals surface area contributed by atoms with Crippen molar-refractivity contribution in [2.24, 2.45) is 5.14 Å². The molecule has 0 saturated carbocycles. The van der Waals surface area contributed by atoms with E-state index in [-0.39, 0.29) is 11.7 Å². The quantitative estimate of drug-likeness (QED) is 0.682. The standard InChI is InChI=1S/C7H11FN4O2S/c8-6-4-11-7(12-5-6)10-2-1-3-15(9,13)14/h4-5H,1-3H2,(H2,9,13,14)(H,10,11,12). The highest BCUT2D eigenvalue weighted by molar-refractivity contribution is 7.89. The normalized spacial score (nSPS) is 11.3. The van der Waals surface area contributed by atoms with Gasteiger partial charge in [0, 0.05) is 6.54 Å². The van der Waals surface area contributed by atoms with Crippen molar-refractivity contribution in [1.82, 2.24) is 9.97 Å². The molecule has 0 amide bonds. The van der Waals surface area contributed by atoms with Crippen molar-refractivity contribution >= 4 is 16.0 Å². The van der Waals surface area contributed by atoms with Gasteiger partial charge in [-0.1, -0.05) is 0 Å². The molecule has 1 aromatic rings. The Morgan fingerprint density at radius 1 is 1.40 bits per heavy atom. The minimum atomic E-state index is -3.43. The molecule has 0 unspecified atom stereocenters. The molecule has 0 atom stereocenters. The van der Waals surface area contributed by atoms with Crippen LogP contribution < -0.4 is 10.5 Å². The number of primary sulfonamides is 1. The fraction of sp³-hybridized carbons (Fsp3) is 0.429. The fourth-order valence-corrected chi connectivity index (χ4v) is 1.42. The number of nitrogens with zero attached hydrogens (tertiary/aromatic N) is 2. The average Bonchev–Trinajstić information content (AvgIpc) is 2.14. The van der Waals surface area contributed by atoms with E-state index in [1.54, 1.807) is 0 Å². The molecule has 0 bridgehead atoms. The molecule has 0 aromatic carbocycles. The summed E-state index contributed by atoms with van der Waals surface area (Å²) >= 11 is 0. The molecule has 1 rings (SSSR count). The van der Waals surface area contributed by atoms with E-state index in [2.05, 4.69) is 15.3 Å². The first-order chi connectivity index (χ1) is 6.97. The highest BCUT2D eigenvalue weighted by atomic mass is 32.2. The van der Waals surface area contributed by atoms with Gasteiger partial charge in [-0.3, -0.25) is 0 Å². The van der Waals surface area contributed by atoms with E-state index >= 15 is 0 Å². The predicted molar refractivity (Wildman–Crippen MR) is 53.1 cm³/mol. The van der Waals surface area contributed by atoms with Crippen LogP contribution in [0.25, 0.3) is 0 Å². The average molecular weight is 234 g/mol. The zero-order valence-corrected chi connectivity index (χ0v) is 8.67. The van der Waals surface area contributed by atoms with Gasteiger partial charge in [0.05, 0.1) is 18.1 Å². The van der Waals surface area contributed by atoms with Gasteiger partial charge in [-0.25, -0.2) is 27.9 Å². The molecule has 0 saturated heterocycles. The lowest BCUT2D eigenvalue weighted by molar-refractivity contribution is 0.595. The maximum atomic E-state index is 12.4. The van der Waals surface area contributed by atoms with Gasteiger partial charge in [0.1, 0.15) is 0 Å². The number of sulfonamides is 1. The number of halogens is 1. The molecule has 6 nitrogen and oxygen atoms in total. The number of hydrogen-bond acceptors (Lipinski definition) is 5. The maximum absolute atomic E-state index is 12.4. The number of nitrogens with one attached hydrogen (secondary N) is 1. The largest absolute Gasteiger partial charge is 0.354 e. The second kappa shape index (κ2) is 4.99. The lowest BCUT2D eigenvalue weighted by Crippen LogP contribution is -2.19. The Bertz CT molecular complexity index is 406. The van der Waals surface area contributed by atoms with Gasteiger partial charge >= 0.3 is 0 Å². The first-order valence-electron chi connectivity index (χ1n) is 4.19. The highest BCUT2D eigenvalue weighted by Gasteiger charge is 2.02. The van der Waals surface area contributed by atoms with Crippen molar-refractivity contribution in [3.63, 3.8) is 0 Å². The second-order valence-electron chi connectivity index (χ2n) is 2.87. The predicted octanol–water partition coefficient (Wildman–Crippen LogP) is -0.294. The number of anilines is 1. The molecule has 0 aliphatic carbocycles. The van der Waals surface area contributed by atoms with Crippen LogP contribution in [-0.4, -0.2) is 30.7 Å². The third kappa shape index (κ3) is 5.23. The number of aromatic nitrogens is 2. The summed E-state index contributed by atoms with van der Waals surface area (Å²) in [7, 11) is -3.43. The summed E-state index contributed by atoms with van der Waals surface area (Å²) in [5.74, 6) is -0.378. The maximum Gasteiger partial charge on any atom is 0.222 e. The summed E-state index contributed by atoms with van der Waals surface area (Å²) in [6, 6.07) is 0. The van der Waals surface area contributed by atoms with Crippen LogP contribution in [0.4, 0.5) is 10.3 Å². The third-order valence-corrected chi connectivity index (χ3v) is 2.37. The van der Waals surface area contributed by atoms with Gasteiger partial charge in [0.2, 0.25) is 16.0 Å². The Morgan fingerprint density at radius 2 is 2.00 bits per heavy atom. The summed E-state index contributed by atoms with van der Waals surface area (Å²) in [6.45, 7) is 0.363. The molecular formula is C7H11FN4O2S. The van der Waals surface area contributed by atoms with Gasteiger partial charge in [0.15, 0.2) is 5.82 Å². The van der Waals surface area contributed by atoms with Crippen molar-refractivity contribution in [1.29, 1.82) is 0 Å². The topological polar surface area (TPSA) is 98.0 Å². The fourth-order valence-electron chi connectivity index (χ4n) is 0.877. The van der Waals surface area contributed by atoms with Gasteiger partial charge in [0.25, 0.3) is 0 Å². The van der Waals surface area contributed by atoms with Crippen molar-refractivity contribution < 1.29 is 12.8 Å². The third-order valence-electron chi connectivity index (χ3n) is 1.51. The van der Waals surface area contributed by atoms with E-state index in [4.69, 9.17) is 5.14 Å². The lowest BCUT2D eigenvalue weighted by Gasteiger charge is -2.02. The molecule has 15 heavy (non-hydrogen) atoms. The Hall–Kier alpha value is -1.28. The number of nitrogens with two attached hydrogens (primary N) is 1. The van der Waals surface area contributed by atoms with Gasteiger partial charge in [-0.2, -0.15) is 0 Å². The van der Waals surface area contributed by atoms with Crippen molar-refractivity contribution in [3.05, 3.63) is 18.2 Å². The molecule has 0 radical (unpaired) electrons. The molecule has 8 heteroatoms. The highest BCUT2D eigenvalue weighted by Crippen LogP contribution is 1.98. The van der Waals surface area contributed by atoms with E-state index in [0.29, 0.717) is 13.0 Å². The van der Waals surface area contributed by atoms with Crippen LogP contribution in [0.2, 0.25) is 0 Å². The molecule has 0 spiro atoms. The van der Waals surface area contributed by atoms with E-state index in [1.165, 1.54) is 0 Å². The molecule has 0 aliphatic rings. The van der Waals surface area contributed by atoms with Crippen molar-refractivity contribution in [2.45, 2.75) is 6.42 Å². The minimum absolute atomic E-state index is 0.110. The lowest BCUT2D eigenvalue weighted by atomic mass is 10.5. The molecule has 0 aliphatic heterocycles. The molecule has 84 valence electrons. The SMILES string of the molecule is NS(=O)(=O)CCCNc1ncc(F)cn1. The molecule has 1 heterocycles. The number of rotatable bonds is 5.